The van der Waals surface area contributed by atoms with Crippen LogP contribution in [0.4, 0.5) is 5.69 Å². The van der Waals surface area contributed by atoms with Gasteiger partial charge < -0.3 is 14.6 Å². The van der Waals surface area contributed by atoms with E-state index in [9.17, 15) is 0 Å². The number of anilines is 1. The summed E-state index contributed by atoms with van der Waals surface area (Å²) in [7, 11) is 0. The molecule has 1 N–H and O–H groups in total. The molecule has 7 heteroatoms. The molecule has 1 fully saturated rings. The van der Waals surface area contributed by atoms with E-state index in [-0.39, 0.29) is 12.1 Å². The summed E-state index contributed by atoms with van der Waals surface area (Å²) in [5.41, 5.74) is 5.05. The summed E-state index contributed by atoms with van der Waals surface area (Å²) in [5, 5.41) is 5.03. The molecule has 4 aromatic rings. The van der Waals surface area contributed by atoms with Crippen molar-refractivity contribution in [2.75, 3.05) is 4.90 Å². The lowest BCUT2D eigenvalue weighted by Crippen LogP contribution is -2.29. The average Bonchev–Trinajstić information content (AvgIpc) is 3.43. The molecule has 2 aromatic carbocycles. The third-order valence-electron chi connectivity index (χ3n) is 6.00. The van der Waals surface area contributed by atoms with E-state index in [2.05, 4.69) is 47.2 Å². The van der Waals surface area contributed by atoms with Gasteiger partial charge in [-0.15, -0.1) is 0 Å². The summed E-state index contributed by atoms with van der Waals surface area (Å²) in [4.78, 5) is 6.69. The first-order valence-electron chi connectivity index (χ1n) is 10.6. The molecule has 4 nitrogen and oxygen atoms in total. The number of aromatic nitrogens is 1. The maximum absolute atomic E-state index is 6.46. The second-order valence-corrected chi connectivity index (χ2v) is 9.24. The van der Waals surface area contributed by atoms with Crippen LogP contribution in [0.15, 0.2) is 77.3 Å². The van der Waals surface area contributed by atoms with Crippen LogP contribution in [-0.2, 0) is 0 Å². The summed E-state index contributed by atoms with van der Waals surface area (Å²) in [6.45, 7) is 4.20. The molecule has 3 heterocycles. The van der Waals surface area contributed by atoms with Gasteiger partial charge in [0.25, 0.3) is 0 Å². The van der Waals surface area contributed by atoms with E-state index in [1.165, 1.54) is 11.1 Å². The van der Waals surface area contributed by atoms with E-state index in [1.54, 1.807) is 12.3 Å². The maximum Gasteiger partial charge on any atom is 0.174 e. The molecular formula is C26H21Cl2N3OS. The standard InChI is InChI=1S/C26H21Cl2N3OS/c1-15-9-10-17(14-16(15)2)31-25(24(30-26(31)33)20-8-3-4-13-29-20)22-12-11-21(32-22)18-6-5-7-19(27)23(18)28/h3-14,24-25H,1-2H3,(H,30,33)/t24-,25-/m0/s1. The largest absolute Gasteiger partial charge is 0.459 e. The van der Waals surface area contributed by atoms with Crippen molar-refractivity contribution >= 4 is 46.2 Å². The van der Waals surface area contributed by atoms with Crippen molar-refractivity contribution in [3.8, 4) is 11.3 Å². The van der Waals surface area contributed by atoms with E-state index in [0.29, 0.717) is 20.9 Å². The normalized spacial score (nSPS) is 17.9. The molecule has 0 radical (unpaired) electrons. The van der Waals surface area contributed by atoms with Crippen molar-refractivity contribution < 1.29 is 4.42 Å². The molecule has 0 saturated carbocycles. The summed E-state index contributed by atoms with van der Waals surface area (Å²) < 4.78 is 6.38. The SMILES string of the molecule is Cc1ccc(N2C(=S)N[C@@H](c3ccccn3)[C@@H]2c2ccc(-c3cccc(Cl)c3Cl)o2)cc1C. The Bertz CT molecular complexity index is 1340. The Kier molecular flexibility index (Phi) is 5.87. The molecule has 166 valence electrons. The lowest BCUT2D eigenvalue weighted by Gasteiger charge is -2.26. The Balaban J connectivity index is 1.62. The van der Waals surface area contributed by atoms with E-state index in [1.807, 2.05) is 42.5 Å². The molecule has 0 bridgehead atoms. The smallest absolute Gasteiger partial charge is 0.174 e. The molecule has 2 atom stereocenters. The minimum Gasteiger partial charge on any atom is -0.459 e. The molecule has 2 aromatic heterocycles. The molecule has 0 amide bonds. The molecule has 33 heavy (non-hydrogen) atoms. The minimum absolute atomic E-state index is 0.186. The Morgan fingerprint density at radius 2 is 1.82 bits per heavy atom. The van der Waals surface area contributed by atoms with Crippen LogP contribution in [0, 0.1) is 13.8 Å². The average molecular weight is 494 g/mol. The van der Waals surface area contributed by atoms with Gasteiger partial charge in [-0.25, -0.2) is 0 Å². The van der Waals surface area contributed by atoms with Crippen LogP contribution in [0.2, 0.25) is 10.0 Å². The Labute approximate surface area is 208 Å². The number of halogens is 2. The van der Waals surface area contributed by atoms with Gasteiger partial charge in [-0.2, -0.15) is 0 Å². The zero-order valence-corrected chi connectivity index (χ0v) is 20.4. The van der Waals surface area contributed by atoms with Crippen LogP contribution in [0.3, 0.4) is 0 Å². The van der Waals surface area contributed by atoms with E-state index < -0.39 is 0 Å². The number of aryl methyl sites for hydroxylation is 2. The van der Waals surface area contributed by atoms with Crippen molar-refractivity contribution in [3.63, 3.8) is 0 Å². The van der Waals surface area contributed by atoms with Crippen LogP contribution in [0.25, 0.3) is 11.3 Å². The predicted octanol–water partition coefficient (Wildman–Crippen LogP) is 7.44. The number of benzene rings is 2. The third-order valence-corrected chi connectivity index (χ3v) is 7.14. The molecular weight excluding hydrogens is 473 g/mol. The number of nitrogens with zero attached hydrogens (tertiary/aromatic N) is 2. The highest BCUT2D eigenvalue weighted by molar-refractivity contribution is 7.80. The molecule has 1 aliphatic rings. The van der Waals surface area contributed by atoms with Crippen molar-refractivity contribution in [1.82, 2.24) is 10.3 Å². The number of hydrogen-bond donors (Lipinski definition) is 1. The van der Waals surface area contributed by atoms with E-state index in [0.717, 1.165) is 22.7 Å². The highest BCUT2D eigenvalue weighted by atomic mass is 35.5. The highest BCUT2D eigenvalue weighted by Crippen LogP contribution is 2.44. The Morgan fingerprint density at radius 3 is 2.58 bits per heavy atom. The summed E-state index contributed by atoms with van der Waals surface area (Å²) in [6, 6.07) is 21.2. The fourth-order valence-corrected chi connectivity index (χ4v) is 4.89. The number of nitrogens with one attached hydrogen (secondary N) is 1. The monoisotopic (exact) mass is 493 g/mol. The number of furan rings is 1. The van der Waals surface area contributed by atoms with Gasteiger partial charge in [-0.1, -0.05) is 41.4 Å². The van der Waals surface area contributed by atoms with Crippen molar-refractivity contribution in [1.29, 1.82) is 0 Å². The van der Waals surface area contributed by atoms with Crippen LogP contribution in [-0.4, -0.2) is 10.1 Å². The van der Waals surface area contributed by atoms with E-state index in [4.69, 9.17) is 39.8 Å². The van der Waals surface area contributed by atoms with Crippen LogP contribution in [0.5, 0.6) is 0 Å². The Hall–Kier alpha value is -2.86. The first-order chi connectivity index (χ1) is 15.9. The van der Waals surface area contributed by atoms with Gasteiger partial charge in [0.15, 0.2) is 5.11 Å². The lowest BCUT2D eigenvalue weighted by molar-refractivity contribution is 0.439. The topological polar surface area (TPSA) is 41.3 Å². The van der Waals surface area contributed by atoms with Crippen LogP contribution >= 0.6 is 35.4 Å². The lowest BCUT2D eigenvalue weighted by atomic mass is 10.0. The van der Waals surface area contributed by atoms with E-state index >= 15 is 0 Å². The molecule has 1 saturated heterocycles. The van der Waals surface area contributed by atoms with Gasteiger partial charge in [0, 0.05) is 17.4 Å². The maximum atomic E-state index is 6.46. The first kappa shape index (κ1) is 22.0. The molecule has 5 rings (SSSR count). The van der Waals surface area contributed by atoms with Gasteiger partial charge in [0.05, 0.1) is 21.8 Å². The van der Waals surface area contributed by atoms with Crippen molar-refractivity contribution in [2.24, 2.45) is 0 Å². The van der Waals surface area contributed by atoms with Crippen molar-refractivity contribution in [2.45, 2.75) is 25.9 Å². The second-order valence-electron chi connectivity index (χ2n) is 8.07. The Morgan fingerprint density at radius 1 is 0.970 bits per heavy atom. The first-order valence-corrected chi connectivity index (χ1v) is 11.7. The predicted molar refractivity (Wildman–Crippen MR) is 138 cm³/mol. The quantitative estimate of drug-likeness (QED) is 0.299. The zero-order valence-electron chi connectivity index (χ0n) is 18.0. The van der Waals surface area contributed by atoms with Crippen LogP contribution in [0.1, 0.15) is 34.7 Å². The zero-order chi connectivity index (χ0) is 23.1. The van der Waals surface area contributed by atoms with Gasteiger partial charge in [0.1, 0.15) is 17.6 Å². The molecule has 0 unspecified atom stereocenters. The second kappa shape index (κ2) is 8.82. The molecule has 0 spiro atoms. The van der Waals surface area contributed by atoms with Gasteiger partial charge >= 0.3 is 0 Å². The summed E-state index contributed by atoms with van der Waals surface area (Å²) >= 11 is 18.5. The number of thiocarbonyl (C=S) groups is 1. The fourth-order valence-electron chi connectivity index (χ4n) is 4.15. The third kappa shape index (κ3) is 4.01. The van der Waals surface area contributed by atoms with Gasteiger partial charge in [-0.05, 0) is 85.7 Å². The minimum atomic E-state index is -0.235. The molecule has 1 aliphatic heterocycles. The summed E-state index contributed by atoms with van der Waals surface area (Å²) in [5.74, 6) is 1.40. The van der Waals surface area contributed by atoms with Crippen LogP contribution < -0.4 is 10.2 Å². The fraction of sp³-hybridized carbons (Fsp3) is 0.154. The highest BCUT2D eigenvalue weighted by Gasteiger charge is 2.42. The summed E-state index contributed by atoms with van der Waals surface area (Å²) in [6.07, 6.45) is 1.79. The van der Waals surface area contributed by atoms with Gasteiger partial charge in [0.2, 0.25) is 0 Å². The number of pyridine rings is 1. The van der Waals surface area contributed by atoms with Crippen molar-refractivity contribution in [3.05, 3.63) is 106 Å². The molecule has 0 aliphatic carbocycles. The van der Waals surface area contributed by atoms with Gasteiger partial charge in [-0.3, -0.25) is 4.98 Å². The number of rotatable bonds is 4. The number of hydrogen-bond acceptors (Lipinski definition) is 3.